The molecular formula is C12H14Cl2N2O3. The Hall–Kier alpha value is -1.33. The van der Waals surface area contributed by atoms with Crippen LogP contribution < -0.4 is 5.32 Å². The second kappa shape index (κ2) is 7.31. The minimum absolute atomic E-state index is 0.0172. The first-order chi connectivity index (χ1) is 8.93. The molecule has 0 saturated heterocycles. The Balaban J connectivity index is 2.61. The highest BCUT2D eigenvalue weighted by molar-refractivity contribution is 6.34. The van der Waals surface area contributed by atoms with Crippen LogP contribution in [0.25, 0.3) is 0 Å². The Labute approximate surface area is 120 Å². The maximum Gasteiger partial charge on any atom is 0.303 e. The zero-order chi connectivity index (χ0) is 14.4. The van der Waals surface area contributed by atoms with E-state index in [1.807, 2.05) is 6.92 Å². The van der Waals surface area contributed by atoms with E-state index >= 15 is 0 Å². The maximum absolute atomic E-state index is 11.9. The molecule has 0 saturated carbocycles. The van der Waals surface area contributed by atoms with Gasteiger partial charge in [0.15, 0.2) is 0 Å². The first-order valence-electron chi connectivity index (χ1n) is 5.76. The number of carboxylic acid groups (broad SMARTS) is 1. The summed E-state index contributed by atoms with van der Waals surface area (Å²) in [5, 5.41) is 11.6. The van der Waals surface area contributed by atoms with E-state index in [-0.39, 0.29) is 34.8 Å². The largest absolute Gasteiger partial charge is 0.481 e. The predicted molar refractivity (Wildman–Crippen MR) is 72.6 cm³/mol. The quantitative estimate of drug-likeness (QED) is 0.792. The number of nitrogens with one attached hydrogen (secondary N) is 1. The third-order valence-electron chi connectivity index (χ3n) is 2.65. The highest BCUT2D eigenvalue weighted by Gasteiger charge is 2.15. The molecule has 1 aromatic heterocycles. The molecule has 1 aromatic rings. The Morgan fingerprint density at radius 3 is 2.63 bits per heavy atom. The molecule has 1 rings (SSSR count). The van der Waals surface area contributed by atoms with Gasteiger partial charge in [-0.1, -0.05) is 36.5 Å². The van der Waals surface area contributed by atoms with Crippen LogP contribution in [0, 0.1) is 5.92 Å². The number of halogens is 2. The fraction of sp³-hybridized carbons (Fsp3) is 0.417. The number of rotatable bonds is 6. The normalized spacial score (nSPS) is 11.9. The monoisotopic (exact) mass is 304 g/mol. The van der Waals surface area contributed by atoms with E-state index in [9.17, 15) is 9.59 Å². The molecule has 0 spiro atoms. The van der Waals surface area contributed by atoms with Gasteiger partial charge in [0.1, 0.15) is 10.3 Å². The van der Waals surface area contributed by atoms with Gasteiger partial charge >= 0.3 is 5.97 Å². The van der Waals surface area contributed by atoms with Crippen molar-refractivity contribution in [2.24, 2.45) is 5.92 Å². The topological polar surface area (TPSA) is 79.3 Å². The van der Waals surface area contributed by atoms with E-state index in [1.165, 1.54) is 12.1 Å². The molecule has 0 bridgehead atoms. The predicted octanol–water partition coefficient (Wildman–Crippen LogP) is 2.62. The summed E-state index contributed by atoms with van der Waals surface area (Å²) in [5.41, 5.74) is 0.219. The molecule has 0 aromatic carbocycles. The number of nitrogens with zero attached hydrogens (tertiary/aromatic N) is 1. The zero-order valence-corrected chi connectivity index (χ0v) is 11.8. The summed E-state index contributed by atoms with van der Waals surface area (Å²) in [6.45, 7) is 2.15. The van der Waals surface area contributed by atoms with Crippen molar-refractivity contribution in [3.63, 3.8) is 0 Å². The van der Waals surface area contributed by atoms with Crippen LogP contribution in [0.3, 0.4) is 0 Å². The van der Waals surface area contributed by atoms with Gasteiger partial charge in [-0.2, -0.15) is 0 Å². The number of carboxylic acids is 1. The van der Waals surface area contributed by atoms with Gasteiger partial charge in [0, 0.05) is 13.0 Å². The lowest BCUT2D eigenvalue weighted by Gasteiger charge is -2.13. The second-order valence-electron chi connectivity index (χ2n) is 4.05. The van der Waals surface area contributed by atoms with Crippen LogP contribution >= 0.6 is 23.2 Å². The van der Waals surface area contributed by atoms with Crippen molar-refractivity contribution < 1.29 is 14.7 Å². The summed E-state index contributed by atoms with van der Waals surface area (Å²) < 4.78 is 0. The highest BCUT2D eigenvalue weighted by Crippen LogP contribution is 2.16. The van der Waals surface area contributed by atoms with Gasteiger partial charge in [0.05, 0.1) is 5.56 Å². The molecule has 0 radical (unpaired) electrons. The average Bonchev–Trinajstić information content (AvgIpc) is 2.33. The number of carbonyl (C=O) groups is 2. The molecular weight excluding hydrogens is 291 g/mol. The van der Waals surface area contributed by atoms with Crippen LogP contribution in [-0.2, 0) is 4.79 Å². The minimum atomic E-state index is -0.882. The van der Waals surface area contributed by atoms with E-state index in [4.69, 9.17) is 28.3 Å². The van der Waals surface area contributed by atoms with Crippen LogP contribution in [-0.4, -0.2) is 28.5 Å². The minimum Gasteiger partial charge on any atom is -0.481 e. The van der Waals surface area contributed by atoms with Crippen molar-refractivity contribution in [2.45, 2.75) is 19.8 Å². The van der Waals surface area contributed by atoms with E-state index < -0.39 is 11.9 Å². The van der Waals surface area contributed by atoms with E-state index in [0.717, 1.165) is 0 Å². The van der Waals surface area contributed by atoms with Crippen LogP contribution in [0.15, 0.2) is 12.1 Å². The number of hydrogen-bond acceptors (Lipinski definition) is 3. The van der Waals surface area contributed by atoms with Gasteiger partial charge in [-0.25, -0.2) is 4.98 Å². The lowest BCUT2D eigenvalue weighted by molar-refractivity contribution is -0.138. The van der Waals surface area contributed by atoms with Gasteiger partial charge < -0.3 is 10.4 Å². The molecule has 0 aliphatic heterocycles. The standard InChI is InChI=1S/C12H14Cl2N2O3/c1-2-7(5-10(17)18)6-15-12(19)8-3-4-9(13)16-11(8)14/h3-4,7H,2,5-6H2,1H3,(H,15,19)(H,17,18). The molecule has 2 N–H and O–H groups in total. The number of hydrogen-bond donors (Lipinski definition) is 2. The van der Waals surface area contributed by atoms with Crippen LogP contribution in [0.1, 0.15) is 30.1 Å². The van der Waals surface area contributed by atoms with Crippen LogP contribution in [0.5, 0.6) is 0 Å². The molecule has 0 fully saturated rings. The Bertz CT molecular complexity index is 480. The SMILES string of the molecule is CCC(CNC(=O)c1ccc(Cl)nc1Cl)CC(=O)O. The van der Waals surface area contributed by atoms with Crippen molar-refractivity contribution >= 4 is 35.1 Å². The molecule has 1 amide bonds. The number of carbonyl (C=O) groups excluding carboxylic acids is 1. The molecule has 1 atom stereocenters. The van der Waals surface area contributed by atoms with Crippen molar-refractivity contribution in [2.75, 3.05) is 6.54 Å². The number of pyridine rings is 1. The molecule has 19 heavy (non-hydrogen) atoms. The van der Waals surface area contributed by atoms with Gasteiger partial charge in [-0.3, -0.25) is 9.59 Å². The molecule has 1 unspecified atom stereocenters. The van der Waals surface area contributed by atoms with Gasteiger partial charge in [-0.15, -0.1) is 0 Å². The fourth-order valence-corrected chi connectivity index (χ4v) is 1.95. The van der Waals surface area contributed by atoms with Crippen molar-refractivity contribution in [3.05, 3.63) is 28.0 Å². The Kier molecular flexibility index (Phi) is 6.05. The lowest BCUT2D eigenvalue weighted by Crippen LogP contribution is -2.30. The van der Waals surface area contributed by atoms with E-state index in [1.54, 1.807) is 0 Å². The highest BCUT2D eigenvalue weighted by atomic mass is 35.5. The van der Waals surface area contributed by atoms with Crippen molar-refractivity contribution in [1.29, 1.82) is 0 Å². The first-order valence-corrected chi connectivity index (χ1v) is 6.51. The van der Waals surface area contributed by atoms with Gasteiger partial charge in [0.2, 0.25) is 0 Å². The summed E-state index contributed by atoms with van der Waals surface area (Å²) >= 11 is 11.4. The zero-order valence-electron chi connectivity index (χ0n) is 10.3. The van der Waals surface area contributed by atoms with Crippen molar-refractivity contribution in [3.8, 4) is 0 Å². The molecule has 0 aliphatic carbocycles. The summed E-state index contributed by atoms with van der Waals surface area (Å²) in [4.78, 5) is 26.2. The lowest BCUT2D eigenvalue weighted by atomic mass is 10.0. The van der Waals surface area contributed by atoms with Gasteiger partial charge in [-0.05, 0) is 18.1 Å². The smallest absolute Gasteiger partial charge is 0.303 e. The molecule has 0 aliphatic rings. The molecule has 104 valence electrons. The average molecular weight is 305 g/mol. The summed E-state index contributed by atoms with van der Waals surface area (Å²) in [6.07, 6.45) is 0.683. The van der Waals surface area contributed by atoms with Crippen LogP contribution in [0.2, 0.25) is 10.3 Å². The van der Waals surface area contributed by atoms with E-state index in [2.05, 4.69) is 10.3 Å². The third-order valence-corrected chi connectivity index (χ3v) is 3.15. The number of amides is 1. The van der Waals surface area contributed by atoms with Gasteiger partial charge in [0.25, 0.3) is 5.91 Å². The van der Waals surface area contributed by atoms with Crippen LogP contribution in [0.4, 0.5) is 0 Å². The maximum atomic E-state index is 11.9. The van der Waals surface area contributed by atoms with Crippen molar-refractivity contribution in [1.82, 2.24) is 10.3 Å². The second-order valence-corrected chi connectivity index (χ2v) is 4.80. The first kappa shape index (κ1) is 15.7. The molecule has 7 heteroatoms. The third kappa shape index (κ3) is 5.04. The fourth-order valence-electron chi connectivity index (χ4n) is 1.52. The molecule has 1 heterocycles. The number of aliphatic carboxylic acids is 1. The Morgan fingerprint density at radius 2 is 2.11 bits per heavy atom. The molecule has 5 nitrogen and oxygen atoms in total. The summed E-state index contributed by atoms with van der Waals surface area (Å²) in [6, 6.07) is 2.95. The van der Waals surface area contributed by atoms with E-state index in [0.29, 0.717) is 6.42 Å². The summed E-state index contributed by atoms with van der Waals surface area (Å²) in [7, 11) is 0. The number of aromatic nitrogens is 1. The summed E-state index contributed by atoms with van der Waals surface area (Å²) in [5.74, 6) is -1.38. The Morgan fingerprint density at radius 1 is 1.42 bits per heavy atom.